The van der Waals surface area contributed by atoms with E-state index >= 15 is 0 Å². The highest BCUT2D eigenvalue weighted by molar-refractivity contribution is 5.28. The van der Waals surface area contributed by atoms with Crippen LogP contribution in [0.2, 0.25) is 0 Å². The number of anilines is 1. The maximum Gasteiger partial charge on any atom is 0.266 e. The van der Waals surface area contributed by atoms with Gasteiger partial charge in [0.25, 0.3) is 5.95 Å². The molecule has 1 N–H and O–H groups in total. The zero-order chi connectivity index (χ0) is 13.1. The maximum absolute atomic E-state index is 5.54. The molecular weight excluding hydrogens is 244 g/mol. The number of ether oxygens (including phenoxy) is 1. The van der Waals surface area contributed by atoms with E-state index in [0.29, 0.717) is 18.5 Å². The van der Waals surface area contributed by atoms with E-state index in [4.69, 9.17) is 9.26 Å². The molecule has 1 aromatic rings. The monoisotopic (exact) mass is 266 g/mol. The van der Waals surface area contributed by atoms with E-state index in [9.17, 15) is 0 Å². The van der Waals surface area contributed by atoms with Crippen molar-refractivity contribution in [2.45, 2.75) is 37.6 Å². The number of hydrogen-bond acceptors (Lipinski definition) is 6. The number of rotatable bonds is 3. The Hall–Kier alpha value is -1.14. The van der Waals surface area contributed by atoms with Crippen LogP contribution in [-0.2, 0) is 4.74 Å². The summed E-state index contributed by atoms with van der Waals surface area (Å²) in [5, 5.41) is 7.46. The number of hydrogen-bond donors (Lipinski definition) is 1. The fourth-order valence-electron chi connectivity index (χ4n) is 2.93. The lowest BCUT2D eigenvalue weighted by molar-refractivity contribution is 0.0516. The lowest BCUT2D eigenvalue weighted by atomic mass is 9.96. The average Bonchev–Trinajstić information content (AvgIpc) is 2.98. The fraction of sp³-hybridized carbons (Fsp3) is 0.846. The largest absolute Gasteiger partial charge is 0.381 e. The van der Waals surface area contributed by atoms with Crippen molar-refractivity contribution in [3.8, 4) is 0 Å². The SMILES string of the molecule is CNC1CCOCC1c1nc(N2CCCCC2)no1. The topological polar surface area (TPSA) is 63.4 Å². The van der Waals surface area contributed by atoms with Crippen LogP contribution in [0.1, 0.15) is 37.5 Å². The molecule has 3 heterocycles. The second-order valence-electron chi connectivity index (χ2n) is 5.35. The minimum Gasteiger partial charge on any atom is -0.381 e. The Kier molecular flexibility index (Phi) is 3.98. The van der Waals surface area contributed by atoms with E-state index in [1.165, 1.54) is 19.3 Å². The van der Waals surface area contributed by atoms with Crippen LogP contribution >= 0.6 is 0 Å². The van der Waals surface area contributed by atoms with Gasteiger partial charge in [-0.05, 0) is 37.9 Å². The Labute approximate surface area is 113 Å². The van der Waals surface area contributed by atoms with Crippen molar-refractivity contribution in [3.05, 3.63) is 5.89 Å². The third-order valence-corrected chi connectivity index (χ3v) is 4.11. The normalized spacial score (nSPS) is 28.6. The molecule has 2 fully saturated rings. The molecule has 106 valence electrons. The summed E-state index contributed by atoms with van der Waals surface area (Å²) in [6.07, 6.45) is 4.73. The minimum absolute atomic E-state index is 0.171. The first-order valence-electron chi connectivity index (χ1n) is 7.22. The second kappa shape index (κ2) is 5.88. The van der Waals surface area contributed by atoms with Gasteiger partial charge in [0.05, 0.1) is 12.5 Å². The average molecular weight is 266 g/mol. The number of nitrogens with one attached hydrogen (secondary N) is 1. The molecule has 0 radical (unpaired) electrons. The Morgan fingerprint density at radius 1 is 1.26 bits per heavy atom. The third-order valence-electron chi connectivity index (χ3n) is 4.11. The lowest BCUT2D eigenvalue weighted by Gasteiger charge is -2.28. The molecule has 6 nitrogen and oxygen atoms in total. The van der Waals surface area contributed by atoms with Crippen LogP contribution in [0.4, 0.5) is 5.95 Å². The second-order valence-corrected chi connectivity index (χ2v) is 5.35. The standard InChI is InChI=1S/C13H22N4O2/c1-14-11-5-8-18-9-10(11)12-15-13(16-19-12)17-6-3-2-4-7-17/h10-11,14H,2-9H2,1H3. The molecule has 0 saturated carbocycles. The smallest absolute Gasteiger partial charge is 0.266 e. The van der Waals surface area contributed by atoms with E-state index in [2.05, 4.69) is 20.4 Å². The molecule has 0 spiro atoms. The molecule has 2 unspecified atom stereocenters. The number of aromatic nitrogens is 2. The van der Waals surface area contributed by atoms with Crippen LogP contribution in [-0.4, -0.2) is 49.5 Å². The molecule has 2 aliphatic rings. The molecular formula is C13H22N4O2. The van der Waals surface area contributed by atoms with Crippen molar-refractivity contribution in [2.24, 2.45) is 0 Å². The van der Waals surface area contributed by atoms with Gasteiger partial charge in [0.2, 0.25) is 5.89 Å². The minimum atomic E-state index is 0.171. The summed E-state index contributed by atoms with van der Waals surface area (Å²) >= 11 is 0. The van der Waals surface area contributed by atoms with Gasteiger partial charge in [-0.2, -0.15) is 4.98 Å². The van der Waals surface area contributed by atoms with Gasteiger partial charge in [-0.15, -0.1) is 0 Å². The zero-order valence-electron chi connectivity index (χ0n) is 11.5. The first-order valence-corrected chi connectivity index (χ1v) is 7.22. The first kappa shape index (κ1) is 12.9. The van der Waals surface area contributed by atoms with Gasteiger partial charge in [-0.25, -0.2) is 0 Å². The molecule has 0 aromatic carbocycles. The van der Waals surface area contributed by atoms with Gasteiger partial charge < -0.3 is 19.5 Å². The molecule has 6 heteroatoms. The van der Waals surface area contributed by atoms with Gasteiger partial charge in [0.15, 0.2) is 0 Å². The highest BCUT2D eigenvalue weighted by Gasteiger charge is 2.31. The van der Waals surface area contributed by atoms with Gasteiger partial charge >= 0.3 is 0 Å². The molecule has 2 aliphatic heterocycles. The summed E-state index contributed by atoms with van der Waals surface area (Å²) in [5.41, 5.74) is 0. The van der Waals surface area contributed by atoms with E-state index in [1.807, 2.05) is 7.05 Å². The van der Waals surface area contributed by atoms with Crippen LogP contribution in [0.3, 0.4) is 0 Å². The molecule has 1 aromatic heterocycles. The summed E-state index contributed by atoms with van der Waals surface area (Å²) in [4.78, 5) is 6.80. The molecule has 0 bridgehead atoms. The van der Waals surface area contributed by atoms with Crippen LogP contribution in [0.25, 0.3) is 0 Å². The molecule has 2 atom stereocenters. The molecule has 0 aliphatic carbocycles. The van der Waals surface area contributed by atoms with Gasteiger partial charge in [0.1, 0.15) is 0 Å². The van der Waals surface area contributed by atoms with Crippen LogP contribution in [0, 0.1) is 0 Å². The van der Waals surface area contributed by atoms with E-state index in [1.54, 1.807) is 0 Å². The van der Waals surface area contributed by atoms with Crippen molar-refractivity contribution < 1.29 is 9.26 Å². The summed E-state index contributed by atoms with van der Waals surface area (Å²) in [6.45, 7) is 3.54. The Balaban J connectivity index is 1.72. The lowest BCUT2D eigenvalue weighted by Crippen LogP contribution is -2.39. The highest BCUT2D eigenvalue weighted by atomic mass is 16.5. The van der Waals surface area contributed by atoms with Crippen molar-refractivity contribution in [1.82, 2.24) is 15.5 Å². The maximum atomic E-state index is 5.54. The van der Waals surface area contributed by atoms with Gasteiger partial charge in [0, 0.05) is 25.7 Å². The van der Waals surface area contributed by atoms with Crippen molar-refractivity contribution in [1.29, 1.82) is 0 Å². The fourth-order valence-corrected chi connectivity index (χ4v) is 2.93. The first-order chi connectivity index (χ1) is 9.38. The Morgan fingerprint density at radius 2 is 2.11 bits per heavy atom. The van der Waals surface area contributed by atoms with Gasteiger partial charge in [-0.3, -0.25) is 0 Å². The summed E-state index contributed by atoms with van der Waals surface area (Å²) in [6, 6.07) is 0.364. The predicted molar refractivity (Wildman–Crippen MR) is 71.4 cm³/mol. The molecule has 19 heavy (non-hydrogen) atoms. The van der Waals surface area contributed by atoms with E-state index in [0.717, 1.165) is 32.1 Å². The molecule has 0 amide bonds. The number of likely N-dealkylation sites (N-methyl/N-ethyl adjacent to an activating group) is 1. The van der Waals surface area contributed by atoms with E-state index < -0.39 is 0 Å². The van der Waals surface area contributed by atoms with Gasteiger partial charge in [-0.1, -0.05) is 0 Å². The van der Waals surface area contributed by atoms with Crippen molar-refractivity contribution >= 4 is 5.95 Å². The predicted octanol–water partition coefficient (Wildman–Crippen LogP) is 1.15. The summed E-state index contributed by atoms with van der Waals surface area (Å²) in [7, 11) is 1.98. The Bertz CT molecular complexity index is 403. The number of nitrogens with zero attached hydrogens (tertiary/aromatic N) is 3. The third kappa shape index (κ3) is 2.74. The highest BCUT2D eigenvalue weighted by Crippen LogP contribution is 2.26. The van der Waals surface area contributed by atoms with Crippen molar-refractivity contribution in [2.75, 3.05) is 38.3 Å². The quantitative estimate of drug-likeness (QED) is 0.885. The van der Waals surface area contributed by atoms with Crippen LogP contribution in [0.15, 0.2) is 4.52 Å². The summed E-state index contributed by atoms with van der Waals surface area (Å²) < 4.78 is 11.0. The van der Waals surface area contributed by atoms with Crippen molar-refractivity contribution in [3.63, 3.8) is 0 Å². The zero-order valence-corrected chi connectivity index (χ0v) is 11.5. The summed E-state index contributed by atoms with van der Waals surface area (Å²) in [5.74, 6) is 1.62. The number of piperidine rings is 1. The Morgan fingerprint density at radius 3 is 2.89 bits per heavy atom. The molecule has 3 rings (SSSR count). The van der Waals surface area contributed by atoms with Crippen LogP contribution in [0.5, 0.6) is 0 Å². The van der Waals surface area contributed by atoms with E-state index in [-0.39, 0.29) is 5.92 Å². The molecule has 2 saturated heterocycles. The van der Waals surface area contributed by atoms with Crippen LogP contribution < -0.4 is 10.2 Å².